The van der Waals surface area contributed by atoms with Crippen molar-refractivity contribution in [3.05, 3.63) is 88.4 Å². The first-order valence-corrected chi connectivity index (χ1v) is 11.3. The van der Waals surface area contributed by atoms with Gasteiger partial charge >= 0.3 is 0 Å². The fraction of sp³-hybridized carbons (Fsp3) is 0.125. The van der Waals surface area contributed by atoms with Gasteiger partial charge in [-0.05, 0) is 36.8 Å². The average Bonchev–Trinajstić information content (AvgIpc) is 3.49. The van der Waals surface area contributed by atoms with Crippen molar-refractivity contribution >= 4 is 46.0 Å². The van der Waals surface area contributed by atoms with Crippen LogP contribution in [0, 0.1) is 0 Å². The molecule has 0 atom stereocenters. The first kappa shape index (κ1) is 22.1. The number of aryl methyl sites for hydroxylation is 1. The monoisotopic (exact) mass is 491 g/mol. The van der Waals surface area contributed by atoms with E-state index in [1.165, 1.54) is 6.33 Å². The van der Waals surface area contributed by atoms with Crippen LogP contribution in [0.4, 0.5) is 5.95 Å². The van der Waals surface area contributed by atoms with Crippen LogP contribution in [0.25, 0.3) is 22.2 Å². The minimum Gasteiger partial charge on any atom is -0.289 e. The highest BCUT2D eigenvalue weighted by Gasteiger charge is 2.16. The molecule has 10 heteroatoms. The van der Waals surface area contributed by atoms with Gasteiger partial charge in [0, 0.05) is 33.7 Å². The van der Waals surface area contributed by atoms with Crippen LogP contribution in [0.5, 0.6) is 0 Å². The third-order valence-corrected chi connectivity index (χ3v) is 5.91. The van der Waals surface area contributed by atoms with E-state index in [1.807, 2.05) is 48.1 Å². The van der Waals surface area contributed by atoms with Gasteiger partial charge in [0.2, 0.25) is 5.95 Å². The maximum absolute atomic E-state index is 13.2. The van der Waals surface area contributed by atoms with Gasteiger partial charge < -0.3 is 0 Å². The van der Waals surface area contributed by atoms with Gasteiger partial charge in [-0.3, -0.25) is 14.8 Å². The fourth-order valence-electron chi connectivity index (χ4n) is 3.60. The van der Waals surface area contributed by atoms with Gasteiger partial charge in [0.1, 0.15) is 6.33 Å². The normalized spacial score (nSPS) is 11.1. The Kier molecular flexibility index (Phi) is 6.00. The summed E-state index contributed by atoms with van der Waals surface area (Å²) in [4.78, 5) is 22.2. The summed E-state index contributed by atoms with van der Waals surface area (Å²) in [5.41, 5.74) is 3.53. The summed E-state index contributed by atoms with van der Waals surface area (Å²) >= 11 is 12.2. The third kappa shape index (κ3) is 4.50. The number of aromatic nitrogens is 6. The molecule has 1 amide bonds. The minimum atomic E-state index is -0.329. The van der Waals surface area contributed by atoms with Crippen LogP contribution >= 0.6 is 23.2 Å². The number of hydrogen-bond acceptors (Lipinski definition) is 5. The van der Waals surface area contributed by atoms with Crippen molar-refractivity contribution < 1.29 is 4.79 Å². The van der Waals surface area contributed by atoms with E-state index >= 15 is 0 Å². The van der Waals surface area contributed by atoms with E-state index in [2.05, 4.69) is 20.5 Å². The smallest absolute Gasteiger partial charge is 0.258 e. The maximum Gasteiger partial charge on any atom is 0.258 e. The van der Waals surface area contributed by atoms with Crippen LogP contribution in [0.2, 0.25) is 10.0 Å². The van der Waals surface area contributed by atoms with E-state index in [9.17, 15) is 4.79 Å². The van der Waals surface area contributed by atoms with E-state index < -0.39 is 0 Å². The molecule has 170 valence electrons. The zero-order valence-electron chi connectivity index (χ0n) is 18.1. The van der Waals surface area contributed by atoms with Crippen molar-refractivity contribution in [3.8, 4) is 11.3 Å². The molecule has 1 N–H and O–H groups in total. The lowest BCUT2D eigenvalue weighted by atomic mass is 10.1. The maximum atomic E-state index is 13.2. The molecule has 3 heterocycles. The Morgan fingerprint density at radius 2 is 1.94 bits per heavy atom. The summed E-state index contributed by atoms with van der Waals surface area (Å²) in [7, 11) is 0. The number of carbonyl (C=O) groups excluding carboxylic acids is 1. The van der Waals surface area contributed by atoms with Crippen molar-refractivity contribution in [1.29, 1.82) is 0 Å². The lowest BCUT2D eigenvalue weighted by Crippen LogP contribution is -2.14. The van der Waals surface area contributed by atoms with E-state index in [0.29, 0.717) is 33.4 Å². The largest absolute Gasteiger partial charge is 0.289 e. The van der Waals surface area contributed by atoms with Gasteiger partial charge in [-0.2, -0.15) is 5.10 Å². The highest BCUT2D eigenvalue weighted by molar-refractivity contribution is 6.35. The molecule has 0 spiro atoms. The molecule has 0 saturated heterocycles. The van der Waals surface area contributed by atoms with Crippen LogP contribution in [0.1, 0.15) is 22.8 Å². The summed E-state index contributed by atoms with van der Waals surface area (Å²) < 4.78 is 3.41. The molecule has 5 aromatic rings. The van der Waals surface area contributed by atoms with E-state index in [0.717, 1.165) is 23.1 Å². The SMILES string of the molecule is CCn1cc(-c2cc(C(=O)Nc3ncn(Cc4ccc(Cl)cc4Cl)n3)c3ccccc3n2)cn1. The first-order chi connectivity index (χ1) is 16.5. The van der Waals surface area contributed by atoms with E-state index in [1.54, 1.807) is 29.1 Å². The van der Waals surface area contributed by atoms with Gasteiger partial charge in [-0.1, -0.05) is 47.5 Å². The molecule has 0 unspecified atom stereocenters. The molecule has 0 aliphatic carbocycles. The number of carbonyl (C=O) groups is 1. The molecule has 0 radical (unpaired) electrons. The fourth-order valence-corrected chi connectivity index (χ4v) is 4.07. The van der Waals surface area contributed by atoms with Gasteiger partial charge in [-0.25, -0.2) is 14.6 Å². The second-order valence-corrected chi connectivity index (χ2v) is 8.46. The third-order valence-electron chi connectivity index (χ3n) is 5.32. The molecule has 0 bridgehead atoms. The van der Waals surface area contributed by atoms with E-state index in [-0.39, 0.29) is 11.9 Å². The quantitative estimate of drug-likeness (QED) is 0.347. The number of amides is 1. The van der Waals surface area contributed by atoms with Crippen LogP contribution in [0.3, 0.4) is 0 Å². The molecule has 34 heavy (non-hydrogen) atoms. The second kappa shape index (κ2) is 9.24. The summed E-state index contributed by atoms with van der Waals surface area (Å²) in [5.74, 6) is -0.138. The van der Waals surface area contributed by atoms with Crippen LogP contribution in [-0.4, -0.2) is 35.4 Å². The second-order valence-electron chi connectivity index (χ2n) is 7.61. The first-order valence-electron chi connectivity index (χ1n) is 10.6. The van der Waals surface area contributed by atoms with Gasteiger partial charge in [0.05, 0.1) is 29.5 Å². The van der Waals surface area contributed by atoms with Gasteiger partial charge in [0.25, 0.3) is 5.91 Å². The number of para-hydroxylation sites is 1. The number of nitrogens with one attached hydrogen (secondary N) is 1. The van der Waals surface area contributed by atoms with Crippen molar-refractivity contribution in [3.63, 3.8) is 0 Å². The zero-order chi connectivity index (χ0) is 23.7. The summed E-state index contributed by atoms with van der Waals surface area (Å²) in [5, 5.41) is 13.3. The highest BCUT2D eigenvalue weighted by Crippen LogP contribution is 2.25. The average molecular weight is 492 g/mol. The number of benzene rings is 2. The molecule has 8 nitrogen and oxygen atoms in total. The molecular weight excluding hydrogens is 473 g/mol. The Morgan fingerprint density at radius 3 is 2.74 bits per heavy atom. The molecule has 5 rings (SSSR count). The van der Waals surface area contributed by atoms with Crippen LogP contribution in [0.15, 0.2) is 67.3 Å². The number of rotatable bonds is 6. The molecule has 2 aromatic carbocycles. The molecular formula is C24H19Cl2N7O. The molecule has 0 fully saturated rings. The van der Waals surface area contributed by atoms with Crippen molar-refractivity contribution in [1.82, 2.24) is 29.5 Å². The lowest BCUT2D eigenvalue weighted by molar-refractivity contribution is 0.102. The molecule has 0 saturated carbocycles. The zero-order valence-corrected chi connectivity index (χ0v) is 19.6. The molecule has 0 aliphatic heterocycles. The predicted octanol–water partition coefficient (Wildman–Crippen LogP) is 5.32. The minimum absolute atomic E-state index is 0.191. The van der Waals surface area contributed by atoms with Crippen molar-refractivity contribution in [2.75, 3.05) is 5.32 Å². The Labute approximate surface area is 205 Å². The number of hydrogen-bond donors (Lipinski definition) is 1. The van der Waals surface area contributed by atoms with Crippen LogP contribution in [-0.2, 0) is 13.1 Å². The Bertz CT molecular complexity index is 1510. The lowest BCUT2D eigenvalue weighted by Gasteiger charge is -2.08. The summed E-state index contributed by atoms with van der Waals surface area (Å²) in [6, 6.07) is 14.5. The Morgan fingerprint density at radius 1 is 1.09 bits per heavy atom. The summed E-state index contributed by atoms with van der Waals surface area (Å²) in [6.45, 7) is 3.15. The highest BCUT2D eigenvalue weighted by atomic mass is 35.5. The van der Waals surface area contributed by atoms with Crippen molar-refractivity contribution in [2.24, 2.45) is 0 Å². The van der Waals surface area contributed by atoms with E-state index in [4.69, 9.17) is 28.2 Å². The standard InChI is InChI=1S/C24H19Cl2N7O/c1-2-32-13-16(11-28-32)22-10-19(18-5-3-4-6-21(18)29-22)23(34)30-24-27-14-33(31-24)12-15-7-8-17(25)9-20(15)26/h3-11,13-14H,2,12H2,1H3,(H,30,31,34). The molecule has 3 aromatic heterocycles. The van der Waals surface area contributed by atoms with Gasteiger partial charge in [0.15, 0.2) is 0 Å². The molecule has 0 aliphatic rings. The predicted molar refractivity (Wildman–Crippen MR) is 132 cm³/mol. The van der Waals surface area contributed by atoms with Crippen LogP contribution < -0.4 is 5.32 Å². The number of pyridine rings is 1. The Hall–Kier alpha value is -3.75. The number of nitrogens with zero attached hydrogens (tertiary/aromatic N) is 6. The summed E-state index contributed by atoms with van der Waals surface area (Å²) in [6.07, 6.45) is 5.19. The number of anilines is 1. The number of fused-ring (bicyclic) bond motifs is 1. The van der Waals surface area contributed by atoms with Gasteiger partial charge in [-0.15, -0.1) is 5.10 Å². The number of halogens is 2. The Balaban J connectivity index is 1.42. The van der Waals surface area contributed by atoms with Crippen molar-refractivity contribution in [2.45, 2.75) is 20.0 Å². The topological polar surface area (TPSA) is 90.5 Å².